The van der Waals surface area contributed by atoms with Gasteiger partial charge in [0, 0.05) is 45.6 Å². The third kappa shape index (κ3) is 5.64. The molecular weight excluding hydrogens is 380 g/mol. The van der Waals surface area contributed by atoms with Crippen LogP contribution in [0.2, 0.25) is 4.34 Å². The van der Waals surface area contributed by atoms with Gasteiger partial charge >= 0.3 is 0 Å². The zero-order chi connectivity index (χ0) is 19.2. The minimum atomic E-state index is -0.00347. The molecule has 1 fully saturated rings. The van der Waals surface area contributed by atoms with E-state index >= 15 is 0 Å². The van der Waals surface area contributed by atoms with Gasteiger partial charge in [-0.2, -0.15) is 0 Å². The fourth-order valence-corrected chi connectivity index (χ4v) is 4.38. The van der Waals surface area contributed by atoms with E-state index < -0.39 is 0 Å². The van der Waals surface area contributed by atoms with Crippen LogP contribution in [0.3, 0.4) is 0 Å². The zero-order valence-electron chi connectivity index (χ0n) is 15.6. The summed E-state index contributed by atoms with van der Waals surface area (Å²) >= 11 is 7.15. The Morgan fingerprint density at radius 2 is 1.85 bits per heavy atom. The second-order valence-corrected chi connectivity index (χ2v) is 8.68. The van der Waals surface area contributed by atoms with Crippen LogP contribution in [0.1, 0.15) is 40.1 Å². The smallest absolute Gasteiger partial charge is 0.223 e. The number of halogens is 1. The number of carbonyl (C=O) groups is 2. The van der Waals surface area contributed by atoms with Crippen LogP contribution < -0.4 is 0 Å². The SMILES string of the molecule is Cc1ccccc1CN1CCCN(C(=O)CCC(=O)c2ccc(Cl)s2)CC1. The van der Waals surface area contributed by atoms with Gasteiger partial charge in [0.25, 0.3) is 0 Å². The fraction of sp³-hybridized carbons (Fsp3) is 0.429. The quantitative estimate of drug-likeness (QED) is 0.669. The maximum atomic E-state index is 12.5. The molecular formula is C21H25ClN2O2S. The van der Waals surface area contributed by atoms with Crippen molar-refractivity contribution < 1.29 is 9.59 Å². The maximum absolute atomic E-state index is 12.5. The Kier molecular flexibility index (Phi) is 7.05. The van der Waals surface area contributed by atoms with E-state index in [0.29, 0.717) is 9.21 Å². The largest absolute Gasteiger partial charge is 0.341 e. The van der Waals surface area contributed by atoms with Gasteiger partial charge in [0.05, 0.1) is 9.21 Å². The Morgan fingerprint density at radius 3 is 2.59 bits per heavy atom. The van der Waals surface area contributed by atoms with E-state index in [1.165, 1.54) is 22.5 Å². The molecule has 0 N–H and O–H groups in total. The summed E-state index contributed by atoms with van der Waals surface area (Å²) in [5.74, 6) is 0.0694. The van der Waals surface area contributed by atoms with Crippen LogP contribution in [-0.4, -0.2) is 47.7 Å². The fourth-order valence-electron chi connectivity index (χ4n) is 3.37. The van der Waals surface area contributed by atoms with Gasteiger partial charge in [-0.1, -0.05) is 35.9 Å². The Bertz CT molecular complexity index is 805. The standard InChI is InChI=1S/C21H25ClN2O2S/c1-16-5-2-3-6-17(16)15-23-11-4-12-24(14-13-23)21(26)10-7-18(25)19-8-9-20(22)27-19/h2-3,5-6,8-9H,4,7,10-15H2,1H3. The van der Waals surface area contributed by atoms with Crippen LogP contribution in [0.25, 0.3) is 0 Å². The van der Waals surface area contributed by atoms with E-state index in [1.54, 1.807) is 12.1 Å². The molecule has 0 bridgehead atoms. The molecule has 0 saturated carbocycles. The summed E-state index contributed by atoms with van der Waals surface area (Å²) in [6, 6.07) is 11.9. The minimum absolute atomic E-state index is 0.00347. The summed E-state index contributed by atoms with van der Waals surface area (Å²) in [5.41, 5.74) is 2.65. The van der Waals surface area contributed by atoms with Crippen molar-refractivity contribution in [1.29, 1.82) is 0 Å². The van der Waals surface area contributed by atoms with Gasteiger partial charge in [-0.25, -0.2) is 0 Å². The predicted octanol–water partition coefficient (Wildman–Crippen LogP) is 4.41. The van der Waals surface area contributed by atoms with Crippen molar-refractivity contribution >= 4 is 34.6 Å². The van der Waals surface area contributed by atoms with Crippen molar-refractivity contribution in [2.24, 2.45) is 0 Å². The molecule has 144 valence electrons. The number of rotatable bonds is 6. The van der Waals surface area contributed by atoms with Crippen molar-refractivity contribution in [1.82, 2.24) is 9.80 Å². The van der Waals surface area contributed by atoms with Crippen LogP contribution in [0.4, 0.5) is 0 Å². The molecule has 0 atom stereocenters. The molecule has 4 nitrogen and oxygen atoms in total. The monoisotopic (exact) mass is 404 g/mol. The van der Waals surface area contributed by atoms with Crippen LogP contribution >= 0.6 is 22.9 Å². The van der Waals surface area contributed by atoms with E-state index in [1.807, 2.05) is 4.90 Å². The molecule has 1 saturated heterocycles. The average Bonchev–Trinajstić information content (AvgIpc) is 2.96. The summed E-state index contributed by atoms with van der Waals surface area (Å²) in [5, 5.41) is 0. The third-order valence-electron chi connectivity index (χ3n) is 5.01. The molecule has 0 radical (unpaired) electrons. The molecule has 2 heterocycles. The highest BCUT2D eigenvalue weighted by Crippen LogP contribution is 2.23. The molecule has 1 aromatic carbocycles. The molecule has 1 aliphatic rings. The molecule has 6 heteroatoms. The van der Waals surface area contributed by atoms with Crippen LogP contribution in [0, 0.1) is 6.92 Å². The van der Waals surface area contributed by atoms with Crippen molar-refractivity contribution in [3.05, 3.63) is 56.7 Å². The lowest BCUT2D eigenvalue weighted by molar-refractivity contribution is -0.131. The molecule has 27 heavy (non-hydrogen) atoms. The van der Waals surface area contributed by atoms with E-state index in [4.69, 9.17) is 11.6 Å². The van der Waals surface area contributed by atoms with Gasteiger partial charge in [-0.3, -0.25) is 14.5 Å². The number of carbonyl (C=O) groups excluding carboxylic acids is 2. The Balaban J connectivity index is 1.48. The van der Waals surface area contributed by atoms with Gasteiger partial charge in [-0.15, -0.1) is 11.3 Å². The lowest BCUT2D eigenvalue weighted by Crippen LogP contribution is -2.35. The van der Waals surface area contributed by atoms with Crippen molar-refractivity contribution in [2.75, 3.05) is 26.2 Å². The normalized spacial score (nSPS) is 15.6. The summed E-state index contributed by atoms with van der Waals surface area (Å²) in [6.45, 7) is 6.41. The number of aryl methyl sites for hydroxylation is 1. The second kappa shape index (κ2) is 9.49. The van der Waals surface area contributed by atoms with Gasteiger partial charge in [0.2, 0.25) is 5.91 Å². The first-order valence-corrected chi connectivity index (χ1v) is 10.6. The number of hydrogen-bond acceptors (Lipinski definition) is 4. The minimum Gasteiger partial charge on any atom is -0.341 e. The molecule has 2 aromatic rings. The summed E-state index contributed by atoms with van der Waals surface area (Å²) in [6.07, 6.45) is 1.48. The number of hydrogen-bond donors (Lipinski definition) is 0. The number of nitrogens with zero attached hydrogens (tertiary/aromatic N) is 2. The highest BCUT2D eigenvalue weighted by Gasteiger charge is 2.20. The van der Waals surface area contributed by atoms with Crippen LogP contribution in [0.15, 0.2) is 36.4 Å². The number of ketones is 1. The molecule has 3 rings (SSSR count). The number of thiophene rings is 1. The first kappa shape index (κ1) is 20.1. The van der Waals surface area contributed by atoms with Gasteiger partial charge < -0.3 is 4.90 Å². The van der Waals surface area contributed by atoms with E-state index in [2.05, 4.69) is 36.1 Å². The summed E-state index contributed by atoms with van der Waals surface area (Å²) in [4.78, 5) is 29.7. The summed E-state index contributed by atoms with van der Waals surface area (Å²) < 4.78 is 0.603. The van der Waals surface area contributed by atoms with E-state index in [-0.39, 0.29) is 24.5 Å². The van der Waals surface area contributed by atoms with E-state index in [0.717, 1.165) is 39.1 Å². The first-order chi connectivity index (χ1) is 13.0. The molecule has 1 amide bonds. The summed E-state index contributed by atoms with van der Waals surface area (Å²) in [7, 11) is 0. The highest BCUT2D eigenvalue weighted by atomic mass is 35.5. The lowest BCUT2D eigenvalue weighted by Gasteiger charge is -2.22. The average molecular weight is 405 g/mol. The molecule has 0 spiro atoms. The highest BCUT2D eigenvalue weighted by molar-refractivity contribution is 7.18. The van der Waals surface area contributed by atoms with Crippen molar-refractivity contribution in [2.45, 2.75) is 32.7 Å². The topological polar surface area (TPSA) is 40.6 Å². The predicted molar refractivity (Wildman–Crippen MR) is 111 cm³/mol. The Labute approximate surface area is 169 Å². The molecule has 0 unspecified atom stereocenters. The lowest BCUT2D eigenvalue weighted by atomic mass is 10.1. The van der Waals surface area contributed by atoms with E-state index in [9.17, 15) is 9.59 Å². The zero-order valence-corrected chi connectivity index (χ0v) is 17.2. The molecule has 1 aliphatic heterocycles. The number of benzene rings is 1. The van der Waals surface area contributed by atoms with Crippen LogP contribution in [-0.2, 0) is 11.3 Å². The number of amides is 1. The third-order valence-corrected chi connectivity index (χ3v) is 6.28. The van der Waals surface area contributed by atoms with Gasteiger partial charge in [0.15, 0.2) is 5.78 Å². The Morgan fingerprint density at radius 1 is 1.04 bits per heavy atom. The van der Waals surface area contributed by atoms with Gasteiger partial charge in [-0.05, 0) is 36.6 Å². The van der Waals surface area contributed by atoms with Gasteiger partial charge in [0.1, 0.15) is 0 Å². The Hall–Kier alpha value is -1.69. The molecule has 1 aromatic heterocycles. The molecule has 0 aliphatic carbocycles. The second-order valence-electron chi connectivity index (χ2n) is 6.96. The first-order valence-electron chi connectivity index (χ1n) is 9.36. The number of Topliss-reactive ketones (excluding diaryl/α,β-unsaturated/α-hetero) is 1. The van der Waals surface area contributed by atoms with Crippen molar-refractivity contribution in [3.63, 3.8) is 0 Å². The van der Waals surface area contributed by atoms with Crippen molar-refractivity contribution in [3.8, 4) is 0 Å². The maximum Gasteiger partial charge on any atom is 0.223 e. The van der Waals surface area contributed by atoms with Crippen LogP contribution in [0.5, 0.6) is 0 Å².